The van der Waals surface area contributed by atoms with E-state index in [4.69, 9.17) is 0 Å². The molecule has 2 aromatic carbocycles. The van der Waals surface area contributed by atoms with Crippen LogP contribution in [0.15, 0.2) is 47.3 Å². The molecule has 0 spiro atoms. The number of pyridine rings is 1. The quantitative estimate of drug-likeness (QED) is 0.344. The number of fused-ring (bicyclic) bond motifs is 2. The number of nitrogens with zero attached hydrogens (tertiary/aromatic N) is 2. The summed E-state index contributed by atoms with van der Waals surface area (Å²) in [4.78, 5) is 24.9. The number of non-ortho nitro benzene ring substituents is 1. The lowest BCUT2D eigenvalue weighted by Crippen LogP contribution is -3.06. The van der Waals surface area contributed by atoms with E-state index in [1.165, 1.54) is 11.0 Å². The highest BCUT2D eigenvalue weighted by Gasteiger charge is 2.19. The van der Waals surface area contributed by atoms with Crippen molar-refractivity contribution in [2.24, 2.45) is 0 Å². The second kappa shape index (κ2) is 6.98. The van der Waals surface area contributed by atoms with E-state index < -0.39 is 4.92 Å². The predicted octanol–water partition coefficient (Wildman–Crippen LogP) is -1.79. The summed E-state index contributed by atoms with van der Waals surface area (Å²) in [5.74, 6) is 0. The van der Waals surface area contributed by atoms with Crippen LogP contribution in [0.4, 0.5) is 5.69 Å². The van der Waals surface area contributed by atoms with Gasteiger partial charge in [-0.1, -0.05) is 18.2 Å². The lowest BCUT2D eigenvalue weighted by molar-refractivity contribution is -0.858. The van der Waals surface area contributed by atoms with E-state index in [-0.39, 0.29) is 28.9 Å². The molecule has 0 aliphatic rings. The Balaban J connectivity index is 0.00000208. The molecular weight excluding hydrogens is 330 g/mol. The number of aromatic nitrogens is 1. The summed E-state index contributed by atoms with van der Waals surface area (Å²) in [6, 6.07) is 12.1. The monoisotopic (exact) mass is 347 g/mol. The maximum absolute atomic E-state index is 12.8. The molecule has 0 amide bonds. The summed E-state index contributed by atoms with van der Waals surface area (Å²) >= 11 is 0. The first-order chi connectivity index (χ1) is 11.0. The highest BCUT2D eigenvalue weighted by atomic mass is 35.5. The molecule has 0 saturated heterocycles. The Labute approximate surface area is 144 Å². The number of quaternary nitrogens is 1. The van der Waals surface area contributed by atoms with E-state index in [0.717, 1.165) is 12.1 Å². The predicted molar refractivity (Wildman–Crippen MR) is 90.0 cm³/mol. The summed E-state index contributed by atoms with van der Waals surface area (Å²) in [6.45, 7) is 1.53. The summed E-state index contributed by atoms with van der Waals surface area (Å²) in [6.07, 6.45) is 0. The molecule has 24 heavy (non-hydrogen) atoms. The van der Waals surface area contributed by atoms with Crippen LogP contribution in [0.2, 0.25) is 0 Å². The summed E-state index contributed by atoms with van der Waals surface area (Å²) in [5.41, 5.74) is 1.01. The molecule has 0 atom stereocenters. The minimum Gasteiger partial charge on any atom is -1.00 e. The van der Waals surface area contributed by atoms with Crippen molar-refractivity contribution in [2.75, 3.05) is 20.6 Å². The molecule has 0 radical (unpaired) electrons. The number of para-hydroxylation sites is 1. The SMILES string of the molecule is C[NH+](C)CCn1c2ccccc2c(=O)c2c([N+](=O)[O-])cccc21.[Cl-]. The maximum atomic E-state index is 12.8. The second-order valence-electron chi connectivity index (χ2n) is 5.88. The van der Waals surface area contributed by atoms with Gasteiger partial charge in [-0.15, -0.1) is 0 Å². The van der Waals surface area contributed by atoms with Gasteiger partial charge in [0.15, 0.2) is 0 Å². The fourth-order valence-corrected chi connectivity index (χ4v) is 2.88. The van der Waals surface area contributed by atoms with Crippen LogP contribution in [0.1, 0.15) is 0 Å². The van der Waals surface area contributed by atoms with Gasteiger partial charge < -0.3 is 21.9 Å². The topological polar surface area (TPSA) is 69.6 Å². The molecule has 0 fully saturated rings. The van der Waals surface area contributed by atoms with E-state index in [1.54, 1.807) is 24.3 Å². The number of hydrogen-bond acceptors (Lipinski definition) is 3. The van der Waals surface area contributed by atoms with E-state index in [1.807, 2.05) is 16.7 Å². The van der Waals surface area contributed by atoms with Crippen LogP contribution in [0.25, 0.3) is 21.8 Å². The van der Waals surface area contributed by atoms with Crippen molar-refractivity contribution in [3.05, 3.63) is 62.8 Å². The maximum Gasteiger partial charge on any atom is 0.282 e. The van der Waals surface area contributed by atoms with Crippen molar-refractivity contribution < 1.29 is 22.2 Å². The van der Waals surface area contributed by atoms with Gasteiger partial charge in [0.2, 0.25) is 5.43 Å². The molecule has 1 aromatic heterocycles. The standard InChI is InChI=1S/C17H17N3O3.ClH/c1-18(2)10-11-19-13-7-4-3-6-12(13)17(21)16-14(19)8-5-9-15(16)20(22)23;/h3-9H,10-11H2,1-2H3;1H. The van der Waals surface area contributed by atoms with E-state index in [0.29, 0.717) is 17.4 Å². The Morgan fingerprint density at radius 2 is 1.75 bits per heavy atom. The summed E-state index contributed by atoms with van der Waals surface area (Å²) in [7, 11) is 4.10. The number of nitro groups is 1. The van der Waals surface area contributed by atoms with Crippen LogP contribution < -0.4 is 22.7 Å². The van der Waals surface area contributed by atoms with Crippen LogP contribution in [-0.4, -0.2) is 30.1 Å². The molecule has 1 heterocycles. The Morgan fingerprint density at radius 1 is 1.08 bits per heavy atom. The van der Waals surface area contributed by atoms with E-state index in [9.17, 15) is 14.9 Å². The Hall–Kier alpha value is -2.44. The average molecular weight is 348 g/mol. The number of likely N-dealkylation sites (N-methyl/N-ethyl adjacent to an activating group) is 1. The smallest absolute Gasteiger partial charge is 0.282 e. The van der Waals surface area contributed by atoms with Gasteiger partial charge in [0, 0.05) is 11.5 Å². The van der Waals surface area contributed by atoms with Gasteiger partial charge in [0.1, 0.15) is 5.39 Å². The van der Waals surface area contributed by atoms with Crippen molar-refractivity contribution in [3.63, 3.8) is 0 Å². The van der Waals surface area contributed by atoms with Crippen molar-refractivity contribution in [1.82, 2.24) is 4.57 Å². The number of halogens is 1. The highest BCUT2D eigenvalue weighted by Crippen LogP contribution is 2.26. The minimum atomic E-state index is -0.486. The van der Waals surface area contributed by atoms with Gasteiger partial charge in [-0.3, -0.25) is 14.9 Å². The van der Waals surface area contributed by atoms with E-state index >= 15 is 0 Å². The van der Waals surface area contributed by atoms with Gasteiger partial charge in [0.25, 0.3) is 5.69 Å². The Kier molecular flexibility index (Phi) is 5.21. The third kappa shape index (κ3) is 2.98. The molecule has 3 aromatic rings. The average Bonchev–Trinajstić information content (AvgIpc) is 2.54. The number of benzene rings is 2. The number of nitrogens with one attached hydrogen (secondary N) is 1. The second-order valence-corrected chi connectivity index (χ2v) is 5.88. The fourth-order valence-electron chi connectivity index (χ4n) is 2.88. The van der Waals surface area contributed by atoms with Crippen molar-refractivity contribution in [2.45, 2.75) is 6.54 Å². The molecule has 7 heteroatoms. The largest absolute Gasteiger partial charge is 1.00 e. The fraction of sp³-hybridized carbons (Fsp3) is 0.235. The van der Waals surface area contributed by atoms with Crippen molar-refractivity contribution >= 4 is 27.5 Å². The lowest BCUT2D eigenvalue weighted by atomic mass is 10.1. The third-order valence-corrected chi connectivity index (χ3v) is 4.01. The van der Waals surface area contributed by atoms with Gasteiger partial charge in [-0.05, 0) is 18.2 Å². The molecule has 0 bridgehead atoms. The van der Waals surface area contributed by atoms with Crippen LogP contribution in [0.5, 0.6) is 0 Å². The minimum absolute atomic E-state index is 0. The van der Waals surface area contributed by atoms with Crippen LogP contribution in [-0.2, 0) is 6.54 Å². The molecule has 0 unspecified atom stereocenters. The molecule has 0 aliphatic heterocycles. The molecule has 3 rings (SSSR count). The normalized spacial score (nSPS) is 11.0. The van der Waals surface area contributed by atoms with Gasteiger partial charge in [-0.25, -0.2) is 0 Å². The Bertz CT molecular complexity index is 966. The first-order valence-electron chi connectivity index (χ1n) is 7.48. The molecule has 0 aliphatic carbocycles. The molecule has 6 nitrogen and oxygen atoms in total. The number of hydrogen-bond donors (Lipinski definition) is 1. The van der Waals surface area contributed by atoms with Crippen molar-refractivity contribution in [3.8, 4) is 0 Å². The van der Waals surface area contributed by atoms with Gasteiger partial charge in [0.05, 0.1) is 43.1 Å². The molecular formula is C17H18ClN3O3. The number of rotatable bonds is 4. The summed E-state index contributed by atoms with van der Waals surface area (Å²) in [5, 5.41) is 12.0. The van der Waals surface area contributed by atoms with Gasteiger partial charge in [-0.2, -0.15) is 0 Å². The highest BCUT2D eigenvalue weighted by molar-refractivity contribution is 5.98. The number of nitro benzene ring substituents is 1. The Morgan fingerprint density at radius 3 is 2.42 bits per heavy atom. The first kappa shape index (κ1) is 17.9. The zero-order valence-corrected chi connectivity index (χ0v) is 14.2. The zero-order chi connectivity index (χ0) is 16.6. The van der Waals surface area contributed by atoms with Crippen LogP contribution in [0, 0.1) is 10.1 Å². The van der Waals surface area contributed by atoms with Crippen molar-refractivity contribution in [1.29, 1.82) is 0 Å². The van der Waals surface area contributed by atoms with Crippen LogP contribution >= 0.6 is 0 Å². The van der Waals surface area contributed by atoms with E-state index in [2.05, 4.69) is 14.1 Å². The molecule has 1 N–H and O–H groups in total. The van der Waals surface area contributed by atoms with Gasteiger partial charge >= 0.3 is 0 Å². The zero-order valence-electron chi connectivity index (χ0n) is 13.5. The molecule has 126 valence electrons. The molecule has 0 saturated carbocycles. The first-order valence-corrected chi connectivity index (χ1v) is 7.48. The van der Waals surface area contributed by atoms with Crippen LogP contribution in [0.3, 0.4) is 0 Å². The lowest BCUT2D eigenvalue weighted by Gasteiger charge is -2.16. The summed E-state index contributed by atoms with van der Waals surface area (Å²) < 4.78 is 2.01. The third-order valence-electron chi connectivity index (χ3n) is 4.01.